The third-order valence-corrected chi connectivity index (χ3v) is 5.04. The van der Waals surface area contributed by atoms with Gasteiger partial charge in [0.15, 0.2) is 0 Å². The normalized spacial score (nSPS) is 18.6. The molecule has 0 spiro atoms. The van der Waals surface area contributed by atoms with E-state index in [9.17, 15) is 4.79 Å². The number of para-hydroxylation sites is 1. The average Bonchev–Trinajstić information content (AvgIpc) is 3.23. The van der Waals surface area contributed by atoms with Crippen LogP contribution in [-0.4, -0.2) is 41.5 Å². The van der Waals surface area contributed by atoms with Crippen molar-refractivity contribution in [3.63, 3.8) is 0 Å². The van der Waals surface area contributed by atoms with Gasteiger partial charge in [-0.1, -0.05) is 48.5 Å². The molecule has 0 aliphatic carbocycles. The van der Waals surface area contributed by atoms with Gasteiger partial charge in [-0.3, -0.25) is 9.69 Å². The monoisotopic (exact) mass is 378 g/mol. The van der Waals surface area contributed by atoms with Crippen LogP contribution in [0.15, 0.2) is 60.9 Å². The van der Waals surface area contributed by atoms with E-state index in [-0.39, 0.29) is 24.6 Å². The van der Waals surface area contributed by atoms with Crippen LogP contribution in [0, 0.1) is 0 Å². The number of carbonyl (C=O) groups excluding carboxylic acids is 1. The van der Waals surface area contributed by atoms with Crippen molar-refractivity contribution in [2.75, 3.05) is 25.7 Å². The smallest absolute Gasteiger partial charge is 0.255 e. The third kappa shape index (κ3) is 3.14. The van der Waals surface area contributed by atoms with E-state index in [4.69, 9.17) is 9.47 Å². The number of carbonyl (C=O) groups is 1. The number of rotatable bonds is 5. The Morgan fingerprint density at radius 1 is 1.07 bits per heavy atom. The molecule has 0 radical (unpaired) electrons. The molecule has 0 fully saturated rings. The highest BCUT2D eigenvalue weighted by atomic mass is 16.5. The summed E-state index contributed by atoms with van der Waals surface area (Å²) in [5.74, 6) is 1.15. The maximum Gasteiger partial charge on any atom is 0.255 e. The summed E-state index contributed by atoms with van der Waals surface area (Å²) in [6, 6.07) is 17.6. The van der Waals surface area contributed by atoms with Crippen LogP contribution >= 0.6 is 0 Å². The van der Waals surface area contributed by atoms with Crippen molar-refractivity contribution < 1.29 is 14.3 Å². The van der Waals surface area contributed by atoms with Gasteiger partial charge in [0.05, 0.1) is 19.2 Å². The minimum absolute atomic E-state index is 0.0183. The zero-order valence-electron chi connectivity index (χ0n) is 15.9. The van der Waals surface area contributed by atoms with E-state index >= 15 is 0 Å². The Labute approximate surface area is 163 Å². The molecule has 1 aliphatic heterocycles. The molecule has 0 unspecified atom stereocenters. The van der Waals surface area contributed by atoms with Crippen LogP contribution in [-0.2, 0) is 9.53 Å². The number of methoxy groups -OCH3 is 2. The van der Waals surface area contributed by atoms with E-state index in [2.05, 4.69) is 10.1 Å². The molecule has 2 heterocycles. The Balaban J connectivity index is 1.85. The Kier molecular flexibility index (Phi) is 5.08. The van der Waals surface area contributed by atoms with E-state index in [1.54, 1.807) is 16.7 Å². The maximum absolute atomic E-state index is 12.9. The minimum atomic E-state index is -0.185. The van der Waals surface area contributed by atoms with Crippen molar-refractivity contribution in [2.45, 2.75) is 18.5 Å². The second-order valence-corrected chi connectivity index (χ2v) is 6.62. The zero-order valence-corrected chi connectivity index (χ0v) is 15.9. The van der Waals surface area contributed by atoms with Gasteiger partial charge < -0.3 is 9.47 Å². The van der Waals surface area contributed by atoms with Crippen LogP contribution < -0.4 is 9.64 Å². The lowest BCUT2D eigenvalue weighted by molar-refractivity contribution is -0.123. The molecule has 7 nitrogen and oxygen atoms in total. The Morgan fingerprint density at radius 3 is 2.57 bits per heavy atom. The predicted molar refractivity (Wildman–Crippen MR) is 104 cm³/mol. The number of hydrogen-bond donors (Lipinski definition) is 0. The summed E-state index contributed by atoms with van der Waals surface area (Å²) in [5, 5.41) is 4.43. The molecular formula is C21H22N4O3. The fraction of sp³-hybridized carbons (Fsp3) is 0.286. The number of amides is 1. The van der Waals surface area contributed by atoms with Gasteiger partial charge in [-0.25, -0.2) is 4.68 Å². The summed E-state index contributed by atoms with van der Waals surface area (Å²) in [6.07, 6.45) is 2.13. The summed E-state index contributed by atoms with van der Waals surface area (Å²) in [7, 11) is 3.18. The van der Waals surface area contributed by atoms with Crippen LogP contribution in [0.1, 0.15) is 29.6 Å². The fourth-order valence-electron chi connectivity index (χ4n) is 3.83. The van der Waals surface area contributed by atoms with Gasteiger partial charge in [0, 0.05) is 12.7 Å². The minimum Gasteiger partial charge on any atom is -0.496 e. The molecule has 4 rings (SSSR count). The van der Waals surface area contributed by atoms with Gasteiger partial charge in [-0.2, -0.15) is 10.1 Å². The summed E-state index contributed by atoms with van der Waals surface area (Å²) < 4.78 is 12.5. The SMILES string of the molecule is COCC(=O)N1c2ncnn2[C@H](c2ccccc2OC)C[C@@H]1c1ccccc1. The van der Waals surface area contributed by atoms with Crippen molar-refractivity contribution in [1.82, 2.24) is 14.8 Å². The number of fused-ring (bicyclic) bond motifs is 1. The van der Waals surface area contributed by atoms with Crippen LogP contribution in [0.4, 0.5) is 5.95 Å². The number of anilines is 1. The lowest BCUT2D eigenvalue weighted by Gasteiger charge is -2.39. The molecule has 3 aromatic rings. The number of hydrogen-bond acceptors (Lipinski definition) is 5. The van der Waals surface area contributed by atoms with Crippen LogP contribution in [0.3, 0.4) is 0 Å². The molecule has 28 heavy (non-hydrogen) atoms. The third-order valence-electron chi connectivity index (χ3n) is 5.04. The number of ether oxygens (including phenoxy) is 2. The molecule has 2 aromatic carbocycles. The van der Waals surface area contributed by atoms with Crippen molar-refractivity contribution in [1.29, 1.82) is 0 Å². The first-order valence-electron chi connectivity index (χ1n) is 9.13. The average molecular weight is 378 g/mol. The first kappa shape index (κ1) is 18.2. The maximum atomic E-state index is 12.9. The van der Waals surface area contributed by atoms with Gasteiger partial charge in [-0.15, -0.1) is 0 Å². The fourth-order valence-corrected chi connectivity index (χ4v) is 3.83. The first-order valence-corrected chi connectivity index (χ1v) is 9.13. The second kappa shape index (κ2) is 7.82. The molecule has 0 N–H and O–H groups in total. The van der Waals surface area contributed by atoms with Crippen LogP contribution in [0.2, 0.25) is 0 Å². The first-order chi connectivity index (χ1) is 13.7. The van der Waals surface area contributed by atoms with Crippen molar-refractivity contribution in [3.8, 4) is 5.75 Å². The predicted octanol–water partition coefficient (Wildman–Crippen LogP) is 3.00. The summed E-state index contributed by atoms with van der Waals surface area (Å²) >= 11 is 0. The topological polar surface area (TPSA) is 69.5 Å². The molecule has 0 bridgehead atoms. The Bertz CT molecular complexity index is 957. The van der Waals surface area contributed by atoms with Crippen molar-refractivity contribution >= 4 is 11.9 Å². The van der Waals surface area contributed by atoms with Gasteiger partial charge in [-0.05, 0) is 18.1 Å². The molecule has 1 aromatic heterocycles. The molecule has 0 saturated heterocycles. The van der Waals surface area contributed by atoms with Crippen molar-refractivity contribution in [2.24, 2.45) is 0 Å². The number of aromatic nitrogens is 3. The van der Waals surface area contributed by atoms with E-state index in [0.29, 0.717) is 12.4 Å². The van der Waals surface area contributed by atoms with Gasteiger partial charge >= 0.3 is 0 Å². The van der Waals surface area contributed by atoms with Gasteiger partial charge in [0.2, 0.25) is 5.95 Å². The zero-order chi connectivity index (χ0) is 19.5. The standard InChI is InChI=1S/C21H22N4O3/c1-27-13-20(26)24-17(15-8-4-3-5-9-15)12-18(25-21(24)22-14-23-25)16-10-6-7-11-19(16)28-2/h3-11,14,17-18H,12-13H2,1-2H3/t17-,18+/m1/s1. The van der Waals surface area contributed by atoms with E-state index < -0.39 is 0 Å². The van der Waals surface area contributed by atoms with E-state index in [1.165, 1.54) is 13.4 Å². The molecule has 7 heteroatoms. The molecule has 0 saturated carbocycles. The lowest BCUT2D eigenvalue weighted by atomic mass is 9.91. The highest BCUT2D eigenvalue weighted by molar-refractivity contribution is 5.93. The summed E-state index contributed by atoms with van der Waals surface area (Å²) in [5.41, 5.74) is 2.05. The second-order valence-electron chi connectivity index (χ2n) is 6.62. The highest BCUT2D eigenvalue weighted by Crippen LogP contribution is 2.43. The quantitative estimate of drug-likeness (QED) is 0.683. The van der Waals surface area contributed by atoms with Crippen molar-refractivity contribution in [3.05, 3.63) is 72.1 Å². The van der Waals surface area contributed by atoms with E-state index in [1.807, 2.05) is 54.6 Å². The summed E-state index contributed by atoms with van der Waals surface area (Å²) in [6.45, 7) is -0.0183. The van der Waals surface area contributed by atoms with Crippen LogP contribution in [0.25, 0.3) is 0 Å². The number of nitrogens with zero attached hydrogens (tertiary/aromatic N) is 4. The lowest BCUT2D eigenvalue weighted by Crippen LogP contribution is -2.44. The largest absolute Gasteiger partial charge is 0.496 e. The highest BCUT2D eigenvalue weighted by Gasteiger charge is 2.39. The Morgan fingerprint density at radius 2 is 1.82 bits per heavy atom. The van der Waals surface area contributed by atoms with E-state index in [0.717, 1.165) is 16.9 Å². The summed E-state index contributed by atoms with van der Waals surface area (Å²) in [4.78, 5) is 19.0. The molecule has 1 aliphatic rings. The van der Waals surface area contributed by atoms with Crippen LogP contribution in [0.5, 0.6) is 5.75 Å². The molecule has 144 valence electrons. The Hall–Kier alpha value is -3.19. The van der Waals surface area contributed by atoms with Gasteiger partial charge in [0.25, 0.3) is 5.91 Å². The molecular weight excluding hydrogens is 356 g/mol. The van der Waals surface area contributed by atoms with Gasteiger partial charge in [0.1, 0.15) is 18.7 Å². The molecule has 2 atom stereocenters. The number of benzene rings is 2. The molecule has 1 amide bonds.